The number of alkyl halides is 1. The van der Waals surface area contributed by atoms with Crippen molar-refractivity contribution in [1.82, 2.24) is 24.6 Å². The lowest BCUT2D eigenvalue weighted by atomic mass is 9.98. The Bertz CT molecular complexity index is 1390. The largest absolute Gasteiger partial charge is 0.465 e. The number of hydrogen-bond acceptors (Lipinski definition) is 12. The van der Waals surface area contributed by atoms with Crippen molar-refractivity contribution in [2.24, 2.45) is 0 Å². The average Bonchev–Trinajstić information content (AvgIpc) is 3.40. The van der Waals surface area contributed by atoms with Crippen LogP contribution in [0.4, 0.5) is 16.2 Å². The zero-order valence-electron chi connectivity index (χ0n) is 22.7. The van der Waals surface area contributed by atoms with Crippen molar-refractivity contribution in [3.05, 3.63) is 36.7 Å². The van der Waals surface area contributed by atoms with E-state index in [0.717, 1.165) is 6.92 Å². The first-order valence-corrected chi connectivity index (χ1v) is 14.0. The first-order valence-electron chi connectivity index (χ1n) is 12.5. The van der Waals surface area contributed by atoms with E-state index < -0.39 is 50.5 Å². The molecule has 4 N–H and O–H groups in total. The van der Waals surface area contributed by atoms with E-state index in [9.17, 15) is 14.5 Å². The van der Waals surface area contributed by atoms with E-state index >= 15 is 4.39 Å². The number of rotatable bonds is 11. The van der Waals surface area contributed by atoms with Crippen molar-refractivity contribution in [3.63, 3.8) is 0 Å². The number of anilines is 2. The van der Waals surface area contributed by atoms with E-state index in [4.69, 9.17) is 24.3 Å². The van der Waals surface area contributed by atoms with Gasteiger partial charge in [0.15, 0.2) is 28.9 Å². The van der Waals surface area contributed by atoms with Gasteiger partial charge in [-0.1, -0.05) is 18.2 Å². The van der Waals surface area contributed by atoms with Crippen molar-refractivity contribution in [2.75, 3.05) is 37.9 Å². The molecule has 3 heterocycles. The monoisotopic (exact) mass is 581 g/mol. The summed E-state index contributed by atoms with van der Waals surface area (Å²) in [6.07, 6.45) is -3.09. The fraction of sp³-hybridized carbons (Fsp3) is 0.500. The SMILES string of the molecule is CCOC(=O)[C@H](C)N[P@@](=O)(OC[C@H]1O[C@@H](n2cnc3c(N(C)C)nc(N)nc32)[C@](C)(F)[C@@H]1O)Oc1ccccc1. The van der Waals surface area contributed by atoms with Gasteiger partial charge in [0.25, 0.3) is 0 Å². The van der Waals surface area contributed by atoms with Gasteiger partial charge < -0.3 is 29.7 Å². The van der Waals surface area contributed by atoms with Crippen LogP contribution in [0.25, 0.3) is 11.2 Å². The van der Waals surface area contributed by atoms with Crippen LogP contribution in [0.5, 0.6) is 5.75 Å². The van der Waals surface area contributed by atoms with Crippen molar-refractivity contribution >= 4 is 36.6 Å². The quantitative estimate of drug-likeness (QED) is 0.222. The number of carbonyl (C=O) groups is 1. The summed E-state index contributed by atoms with van der Waals surface area (Å²) in [6, 6.07) is 7.06. The van der Waals surface area contributed by atoms with Crippen molar-refractivity contribution in [2.45, 2.75) is 50.9 Å². The van der Waals surface area contributed by atoms with Crippen LogP contribution in [-0.2, 0) is 23.4 Å². The van der Waals surface area contributed by atoms with Crippen LogP contribution in [0.15, 0.2) is 36.7 Å². The Morgan fingerprint density at radius 3 is 2.70 bits per heavy atom. The smallest absolute Gasteiger partial charge is 0.459 e. The lowest BCUT2D eigenvalue weighted by Gasteiger charge is -2.25. The molecule has 1 fully saturated rings. The fourth-order valence-electron chi connectivity index (χ4n) is 4.19. The number of imidazole rings is 1. The number of nitrogens with two attached hydrogens (primary N) is 1. The van der Waals surface area contributed by atoms with Crippen LogP contribution < -0.4 is 20.2 Å². The van der Waals surface area contributed by atoms with Crippen molar-refractivity contribution < 1.29 is 37.4 Å². The molecule has 1 saturated heterocycles. The number of nitrogens with zero attached hydrogens (tertiary/aromatic N) is 5. The van der Waals surface area contributed by atoms with E-state index in [1.165, 1.54) is 17.8 Å². The summed E-state index contributed by atoms with van der Waals surface area (Å²) in [5.74, 6) is -0.130. The average molecular weight is 582 g/mol. The van der Waals surface area contributed by atoms with Gasteiger partial charge in [0.05, 0.1) is 19.5 Å². The minimum absolute atomic E-state index is 0.0577. The molecular formula is C24H33FN7O7P. The minimum Gasteiger partial charge on any atom is -0.465 e. The molecule has 40 heavy (non-hydrogen) atoms. The van der Waals surface area contributed by atoms with Gasteiger partial charge in [0, 0.05) is 14.1 Å². The predicted octanol–water partition coefficient (Wildman–Crippen LogP) is 2.21. The Kier molecular flexibility index (Phi) is 8.61. The summed E-state index contributed by atoms with van der Waals surface area (Å²) in [5, 5.41) is 13.4. The normalized spacial score (nSPS) is 24.9. The van der Waals surface area contributed by atoms with E-state index in [-0.39, 0.29) is 24.0 Å². The summed E-state index contributed by atoms with van der Waals surface area (Å²) in [7, 11) is -0.774. The van der Waals surface area contributed by atoms with Crippen molar-refractivity contribution in [1.29, 1.82) is 0 Å². The van der Waals surface area contributed by atoms with E-state index in [1.54, 1.807) is 56.3 Å². The molecule has 16 heteroatoms. The second-order valence-electron chi connectivity index (χ2n) is 9.55. The molecule has 0 spiro atoms. The molecule has 0 aliphatic carbocycles. The number of aliphatic hydroxyl groups is 1. The summed E-state index contributed by atoms with van der Waals surface area (Å²) < 4.78 is 53.0. The Morgan fingerprint density at radius 2 is 2.05 bits per heavy atom. The maximum atomic E-state index is 16.0. The molecule has 0 radical (unpaired) electrons. The highest BCUT2D eigenvalue weighted by atomic mass is 31.2. The number of nitrogen functional groups attached to an aromatic ring is 1. The fourth-order valence-corrected chi connectivity index (χ4v) is 5.69. The molecule has 0 saturated carbocycles. The first-order chi connectivity index (χ1) is 18.9. The van der Waals surface area contributed by atoms with Gasteiger partial charge in [-0.2, -0.15) is 15.1 Å². The molecular weight excluding hydrogens is 548 g/mol. The molecule has 2 aromatic heterocycles. The second-order valence-corrected chi connectivity index (χ2v) is 11.2. The first kappa shape index (κ1) is 29.6. The van der Waals surface area contributed by atoms with E-state index in [0.29, 0.717) is 11.3 Å². The molecule has 14 nitrogen and oxygen atoms in total. The van der Waals surface area contributed by atoms with Crippen LogP contribution in [0, 0.1) is 0 Å². The van der Waals surface area contributed by atoms with Crippen LogP contribution >= 0.6 is 7.75 Å². The molecule has 4 rings (SSSR count). The minimum atomic E-state index is -4.27. The van der Waals surface area contributed by atoms with Gasteiger partial charge in [-0.3, -0.25) is 13.9 Å². The van der Waals surface area contributed by atoms with Crippen LogP contribution in [0.2, 0.25) is 0 Å². The topological polar surface area (TPSA) is 176 Å². The highest BCUT2D eigenvalue weighted by molar-refractivity contribution is 7.52. The summed E-state index contributed by atoms with van der Waals surface area (Å²) in [6.45, 7) is 3.78. The van der Waals surface area contributed by atoms with Gasteiger partial charge in [-0.25, -0.2) is 13.9 Å². The number of ether oxygens (including phenoxy) is 2. The summed E-state index contributed by atoms with van der Waals surface area (Å²) in [4.78, 5) is 26.5. The number of esters is 1. The predicted molar refractivity (Wildman–Crippen MR) is 143 cm³/mol. The third-order valence-corrected chi connectivity index (χ3v) is 7.83. The zero-order valence-corrected chi connectivity index (χ0v) is 23.6. The van der Waals surface area contributed by atoms with Gasteiger partial charge in [0.1, 0.15) is 24.0 Å². The lowest BCUT2D eigenvalue weighted by molar-refractivity contribution is -0.144. The van der Waals surface area contributed by atoms with E-state index in [1.807, 2.05) is 0 Å². The number of carbonyl (C=O) groups excluding carboxylic acids is 1. The number of nitrogens with one attached hydrogen (secondary N) is 1. The van der Waals surface area contributed by atoms with Gasteiger partial charge >= 0.3 is 13.7 Å². The number of fused-ring (bicyclic) bond motifs is 1. The number of benzene rings is 1. The Labute approximate surface area is 230 Å². The van der Waals surface area contributed by atoms with Gasteiger partial charge in [-0.15, -0.1) is 0 Å². The number of aliphatic hydroxyl groups excluding tert-OH is 1. The molecule has 1 aliphatic heterocycles. The molecule has 1 aliphatic rings. The highest BCUT2D eigenvalue weighted by Crippen LogP contribution is 2.48. The Balaban J connectivity index is 1.58. The number of hydrogen-bond donors (Lipinski definition) is 3. The maximum absolute atomic E-state index is 16.0. The molecule has 3 aromatic rings. The van der Waals surface area contributed by atoms with Crippen molar-refractivity contribution in [3.8, 4) is 5.75 Å². The lowest BCUT2D eigenvalue weighted by Crippen LogP contribution is -2.41. The summed E-state index contributed by atoms with van der Waals surface area (Å²) >= 11 is 0. The molecule has 0 unspecified atom stereocenters. The summed E-state index contributed by atoms with van der Waals surface area (Å²) in [5.41, 5.74) is 4.07. The standard InChI is InChI=1S/C24H33FN7O7P/c1-6-36-21(34)14(2)30-40(35,39-15-10-8-7-9-11-15)37-12-16-18(33)24(3,25)22(38-16)32-13-27-17-19(31(4)5)28-23(26)29-20(17)32/h7-11,13-14,16,18,22,33H,6,12H2,1-5H3,(H,30,35)(H2,26,28,29)/t14-,16+,18+,22+,24+,40+/m0/s1. The molecule has 0 amide bonds. The number of aromatic nitrogens is 4. The number of halogens is 1. The molecule has 0 bridgehead atoms. The van der Waals surface area contributed by atoms with Crippen LogP contribution in [0.1, 0.15) is 27.0 Å². The maximum Gasteiger partial charge on any atom is 0.459 e. The highest BCUT2D eigenvalue weighted by Gasteiger charge is 2.56. The molecule has 6 atom stereocenters. The third-order valence-electron chi connectivity index (χ3n) is 6.18. The number of para-hydroxylation sites is 1. The van der Waals surface area contributed by atoms with Gasteiger partial charge in [0.2, 0.25) is 5.95 Å². The molecule has 1 aromatic carbocycles. The molecule has 218 valence electrons. The van der Waals surface area contributed by atoms with E-state index in [2.05, 4.69) is 20.0 Å². The third kappa shape index (κ3) is 6.03. The van der Waals surface area contributed by atoms with Crippen LogP contribution in [-0.4, -0.2) is 81.8 Å². The second kappa shape index (κ2) is 11.6. The Morgan fingerprint density at radius 1 is 1.35 bits per heavy atom. The van der Waals surface area contributed by atoms with Crippen LogP contribution in [0.3, 0.4) is 0 Å². The zero-order chi connectivity index (χ0) is 29.2. The van der Waals surface area contributed by atoms with Gasteiger partial charge in [-0.05, 0) is 32.9 Å². The Hall–Kier alpha value is -3.36.